The third kappa shape index (κ3) is 6.64. The van der Waals surface area contributed by atoms with Crippen molar-refractivity contribution in [3.8, 4) is 0 Å². The minimum Gasteiger partial charge on any atom is -0.480 e. The Morgan fingerprint density at radius 3 is 2.29 bits per heavy atom. The highest BCUT2D eigenvalue weighted by molar-refractivity contribution is 5.82. The largest absolute Gasteiger partial charge is 0.480 e. The molecule has 0 radical (unpaired) electrons. The Labute approximate surface area is 96.6 Å². The fraction of sp³-hybridized carbons (Fsp3) is 0.778. The van der Waals surface area contributed by atoms with Gasteiger partial charge in [-0.3, -0.25) is 0 Å². The highest BCUT2D eigenvalue weighted by Crippen LogP contribution is 2.15. The molecular weight excluding hydrogens is 241 g/mol. The highest BCUT2D eigenvalue weighted by atomic mass is 19.4. The van der Waals surface area contributed by atoms with Crippen molar-refractivity contribution in [1.29, 1.82) is 0 Å². The smallest absolute Gasteiger partial charge is 0.406 e. The van der Waals surface area contributed by atoms with Gasteiger partial charge in [-0.25, -0.2) is 9.59 Å². The number of aliphatic carboxylic acids is 1. The molecule has 0 aliphatic carbocycles. The van der Waals surface area contributed by atoms with Crippen molar-refractivity contribution in [3.63, 3.8) is 0 Å². The molecule has 0 aromatic carbocycles. The summed E-state index contributed by atoms with van der Waals surface area (Å²) in [5.41, 5.74) is 0. The lowest BCUT2D eigenvalue weighted by Gasteiger charge is -2.22. The van der Waals surface area contributed by atoms with Crippen LogP contribution in [-0.2, 0) is 4.79 Å². The Balaban J connectivity index is 4.35. The topological polar surface area (TPSA) is 69.6 Å². The van der Waals surface area contributed by atoms with E-state index < -0.39 is 30.8 Å². The van der Waals surface area contributed by atoms with E-state index in [1.165, 1.54) is 0 Å². The second-order valence-corrected chi connectivity index (χ2v) is 3.60. The van der Waals surface area contributed by atoms with Crippen LogP contribution in [0.15, 0.2) is 0 Å². The summed E-state index contributed by atoms with van der Waals surface area (Å²) in [6.45, 7) is 0.290. The number of amides is 2. The van der Waals surface area contributed by atoms with Crippen LogP contribution in [0.1, 0.15) is 19.8 Å². The number of hydrogen-bond donors (Lipinski definition) is 2. The molecule has 1 atom stereocenters. The van der Waals surface area contributed by atoms with E-state index in [0.29, 0.717) is 11.3 Å². The van der Waals surface area contributed by atoms with Crippen molar-refractivity contribution in [2.75, 3.05) is 13.6 Å². The summed E-state index contributed by atoms with van der Waals surface area (Å²) in [6, 6.07) is -2.22. The molecule has 0 aromatic rings. The van der Waals surface area contributed by atoms with Gasteiger partial charge in [0.2, 0.25) is 0 Å². The number of carboxylic acids is 1. The molecule has 0 saturated heterocycles. The first kappa shape index (κ1) is 15.5. The summed E-state index contributed by atoms with van der Waals surface area (Å²) < 4.78 is 35.9. The number of hydrogen-bond acceptors (Lipinski definition) is 2. The van der Waals surface area contributed by atoms with E-state index in [0.717, 1.165) is 7.05 Å². The van der Waals surface area contributed by atoms with Gasteiger partial charge in [0, 0.05) is 7.05 Å². The van der Waals surface area contributed by atoms with Crippen molar-refractivity contribution in [1.82, 2.24) is 10.2 Å². The van der Waals surface area contributed by atoms with Crippen molar-refractivity contribution in [2.45, 2.75) is 32.0 Å². The van der Waals surface area contributed by atoms with Crippen LogP contribution in [0.3, 0.4) is 0 Å². The molecule has 0 fully saturated rings. The fourth-order valence-electron chi connectivity index (χ4n) is 1.15. The molecule has 0 bridgehead atoms. The lowest BCUT2D eigenvalue weighted by molar-refractivity contribution is -0.140. The molecule has 0 aliphatic heterocycles. The van der Waals surface area contributed by atoms with E-state index >= 15 is 0 Å². The monoisotopic (exact) mass is 256 g/mol. The van der Waals surface area contributed by atoms with Crippen LogP contribution in [0.2, 0.25) is 0 Å². The number of rotatable bonds is 5. The van der Waals surface area contributed by atoms with Crippen molar-refractivity contribution in [2.24, 2.45) is 0 Å². The quantitative estimate of drug-likeness (QED) is 0.782. The van der Waals surface area contributed by atoms with Gasteiger partial charge in [0.25, 0.3) is 0 Å². The van der Waals surface area contributed by atoms with Crippen LogP contribution in [0, 0.1) is 0 Å². The van der Waals surface area contributed by atoms with E-state index in [4.69, 9.17) is 5.11 Å². The Bertz CT molecular complexity index is 281. The fourth-order valence-corrected chi connectivity index (χ4v) is 1.15. The molecule has 8 heteroatoms. The summed E-state index contributed by atoms with van der Waals surface area (Å²) in [5.74, 6) is -1.26. The first-order valence-electron chi connectivity index (χ1n) is 4.98. The Morgan fingerprint density at radius 1 is 1.41 bits per heavy atom. The summed E-state index contributed by atoms with van der Waals surface area (Å²) in [5, 5.41) is 10.7. The van der Waals surface area contributed by atoms with E-state index in [-0.39, 0.29) is 6.42 Å². The van der Waals surface area contributed by atoms with E-state index in [1.54, 1.807) is 6.92 Å². The van der Waals surface area contributed by atoms with Gasteiger partial charge in [-0.1, -0.05) is 13.3 Å². The second kappa shape index (κ2) is 6.31. The molecule has 0 spiro atoms. The molecule has 100 valence electrons. The zero-order chi connectivity index (χ0) is 13.6. The van der Waals surface area contributed by atoms with E-state index in [1.807, 2.05) is 5.32 Å². The molecule has 0 unspecified atom stereocenters. The van der Waals surface area contributed by atoms with Crippen molar-refractivity contribution < 1.29 is 27.9 Å². The number of halogens is 3. The molecule has 0 rings (SSSR count). The maximum Gasteiger partial charge on any atom is 0.406 e. The zero-order valence-corrected chi connectivity index (χ0v) is 9.54. The zero-order valence-electron chi connectivity index (χ0n) is 9.54. The number of urea groups is 1. The summed E-state index contributed by atoms with van der Waals surface area (Å²) in [4.78, 5) is 22.3. The average Bonchev–Trinajstić information content (AvgIpc) is 2.13. The van der Waals surface area contributed by atoms with Gasteiger partial charge in [0.1, 0.15) is 12.6 Å². The molecule has 0 aromatic heterocycles. The predicted molar refractivity (Wildman–Crippen MR) is 53.5 cm³/mol. The molecular formula is C9H15F3N2O3. The molecule has 0 heterocycles. The number of carboxylic acid groups (broad SMARTS) is 1. The van der Waals surface area contributed by atoms with Gasteiger partial charge in [-0.05, 0) is 6.42 Å². The minimum atomic E-state index is -4.50. The molecule has 0 aliphatic rings. The van der Waals surface area contributed by atoms with Crippen molar-refractivity contribution >= 4 is 12.0 Å². The maximum absolute atomic E-state index is 12.0. The number of nitrogens with zero attached hydrogens (tertiary/aromatic N) is 1. The van der Waals surface area contributed by atoms with Crippen LogP contribution in [0.5, 0.6) is 0 Å². The van der Waals surface area contributed by atoms with Crippen LogP contribution in [0.25, 0.3) is 0 Å². The number of carbonyl (C=O) groups is 2. The van der Waals surface area contributed by atoms with Crippen LogP contribution < -0.4 is 5.32 Å². The normalized spacial score (nSPS) is 13.0. The summed E-state index contributed by atoms with van der Waals surface area (Å²) >= 11 is 0. The van der Waals surface area contributed by atoms with Gasteiger partial charge >= 0.3 is 18.2 Å². The minimum absolute atomic E-state index is 0.168. The van der Waals surface area contributed by atoms with Crippen LogP contribution in [0.4, 0.5) is 18.0 Å². The van der Waals surface area contributed by atoms with Crippen LogP contribution >= 0.6 is 0 Å². The molecule has 5 nitrogen and oxygen atoms in total. The van der Waals surface area contributed by atoms with E-state index in [9.17, 15) is 22.8 Å². The van der Waals surface area contributed by atoms with Gasteiger partial charge in [-0.2, -0.15) is 13.2 Å². The number of carbonyl (C=O) groups excluding carboxylic acids is 1. The Morgan fingerprint density at radius 2 is 1.94 bits per heavy atom. The highest BCUT2D eigenvalue weighted by Gasteiger charge is 2.32. The predicted octanol–water partition coefficient (Wildman–Crippen LogP) is 1.44. The lowest BCUT2D eigenvalue weighted by Crippen LogP contribution is -2.48. The average molecular weight is 256 g/mol. The lowest BCUT2D eigenvalue weighted by atomic mass is 10.2. The standard InChI is InChI=1S/C9H15F3N2O3/c1-3-4-6(7(15)16)13-8(17)14(2)5-9(10,11)12/h6H,3-5H2,1-2H3,(H,13,17)(H,15,16)/t6-/m1/s1. The molecule has 2 amide bonds. The van der Waals surface area contributed by atoms with Gasteiger partial charge in [0.15, 0.2) is 0 Å². The Kier molecular flexibility index (Phi) is 5.77. The SMILES string of the molecule is CCC[C@@H](NC(=O)N(C)CC(F)(F)F)C(=O)O. The summed E-state index contributed by atoms with van der Waals surface area (Å²) in [7, 11) is 0.952. The second-order valence-electron chi connectivity index (χ2n) is 3.60. The van der Waals surface area contributed by atoms with Crippen LogP contribution in [-0.4, -0.2) is 47.8 Å². The maximum atomic E-state index is 12.0. The van der Waals surface area contributed by atoms with Crippen molar-refractivity contribution in [3.05, 3.63) is 0 Å². The first-order chi connectivity index (χ1) is 7.67. The molecule has 0 saturated carbocycles. The van der Waals surface area contributed by atoms with Gasteiger partial charge in [-0.15, -0.1) is 0 Å². The number of alkyl halides is 3. The third-order valence-electron chi connectivity index (χ3n) is 1.94. The molecule has 17 heavy (non-hydrogen) atoms. The van der Waals surface area contributed by atoms with Gasteiger partial charge in [0.05, 0.1) is 0 Å². The number of nitrogens with one attached hydrogen (secondary N) is 1. The van der Waals surface area contributed by atoms with E-state index in [2.05, 4.69) is 0 Å². The van der Waals surface area contributed by atoms with Gasteiger partial charge < -0.3 is 15.3 Å². The molecule has 2 N–H and O–H groups in total. The Hall–Kier alpha value is -1.47. The third-order valence-corrected chi connectivity index (χ3v) is 1.94. The summed E-state index contributed by atoms with van der Waals surface area (Å²) in [6.07, 6.45) is -3.84. The first-order valence-corrected chi connectivity index (χ1v) is 4.98.